The number of hydrogen-bond acceptors (Lipinski definition) is 2. The molecule has 17 heavy (non-hydrogen) atoms. The van der Waals surface area contributed by atoms with Gasteiger partial charge in [-0.05, 0) is 25.7 Å². The zero-order chi connectivity index (χ0) is 12.7. The molecule has 0 radical (unpaired) electrons. The second kappa shape index (κ2) is 6.84. The molecule has 1 aliphatic rings. The number of hydrogen-bond donors (Lipinski definition) is 2. The Balaban J connectivity index is 2.56. The van der Waals surface area contributed by atoms with Crippen LogP contribution in [0.4, 0.5) is 4.79 Å². The third kappa shape index (κ3) is 3.87. The number of carbonyl (C=O) groups is 1. The first-order valence-corrected chi connectivity index (χ1v) is 6.94. The first-order valence-electron chi connectivity index (χ1n) is 6.94. The number of nitrogens with one attached hydrogen (secondary N) is 1. The largest absolute Gasteiger partial charge is 0.331 e. The number of nitrogens with two attached hydrogens (primary N) is 1. The molecule has 0 unspecified atom stereocenters. The van der Waals surface area contributed by atoms with E-state index in [9.17, 15) is 4.79 Å². The molecule has 0 aromatic carbocycles. The van der Waals surface area contributed by atoms with Crippen LogP contribution in [0.15, 0.2) is 0 Å². The smallest absolute Gasteiger partial charge is 0.317 e. The third-order valence-corrected chi connectivity index (χ3v) is 4.01. The molecule has 1 heterocycles. The molecule has 3 N–H and O–H groups in total. The van der Waals surface area contributed by atoms with Crippen molar-refractivity contribution in [3.05, 3.63) is 0 Å². The van der Waals surface area contributed by atoms with Crippen LogP contribution in [-0.4, -0.2) is 36.1 Å². The summed E-state index contributed by atoms with van der Waals surface area (Å²) in [7, 11) is 0. The van der Waals surface area contributed by atoms with Gasteiger partial charge >= 0.3 is 6.03 Å². The van der Waals surface area contributed by atoms with Gasteiger partial charge in [0, 0.05) is 19.6 Å². The highest BCUT2D eigenvalue weighted by Gasteiger charge is 2.28. The fourth-order valence-electron chi connectivity index (χ4n) is 2.35. The Morgan fingerprint density at radius 3 is 2.12 bits per heavy atom. The molecule has 1 rings (SSSR count). The summed E-state index contributed by atoms with van der Waals surface area (Å²) >= 11 is 0. The zero-order valence-electron chi connectivity index (χ0n) is 11.3. The minimum atomic E-state index is -0.219. The predicted octanol–water partition coefficient (Wildman–Crippen LogP) is 2.09. The van der Waals surface area contributed by atoms with E-state index in [1.165, 1.54) is 12.8 Å². The molecule has 1 aliphatic heterocycles. The molecule has 0 aromatic heterocycles. The highest BCUT2D eigenvalue weighted by Crippen LogP contribution is 2.15. The molecule has 0 spiro atoms. The molecule has 2 amide bonds. The topological polar surface area (TPSA) is 58.4 Å². The first kappa shape index (κ1) is 14.3. The molecule has 4 nitrogen and oxygen atoms in total. The van der Waals surface area contributed by atoms with E-state index in [0.29, 0.717) is 6.54 Å². The van der Waals surface area contributed by atoms with Gasteiger partial charge in [0.25, 0.3) is 0 Å². The van der Waals surface area contributed by atoms with Gasteiger partial charge in [-0.1, -0.05) is 26.7 Å². The lowest BCUT2D eigenvalue weighted by atomic mass is 9.93. The van der Waals surface area contributed by atoms with E-state index in [4.69, 9.17) is 5.73 Å². The Morgan fingerprint density at radius 2 is 1.71 bits per heavy atom. The van der Waals surface area contributed by atoms with Crippen molar-refractivity contribution in [2.45, 2.75) is 57.9 Å². The summed E-state index contributed by atoms with van der Waals surface area (Å²) in [4.78, 5) is 14.1. The molecule has 0 bridgehead atoms. The zero-order valence-corrected chi connectivity index (χ0v) is 11.3. The van der Waals surface area contributed by atoms with Gasteiger partial charge < -0.3 is 16.0 Å². The van der Waals surface area contributed by atoms with Gasteiger partial charge in [0.05, 0.1) is 5.54 Å². The van der Waals surface area contributed by atoms with E-state index < -0.39 is 0 Å². The van der Waals surface area contributed by atoms with Crippen molar-refractivity contribution in [3.63, 3.8) is 0 Å². The van der Waals surface area contributed by atoms with E-state index in [-0.39, 0.29) is 11.6 Å². The fraction of sp³-hybridized carbons (Fsp3) is 0.923. The molecule has 1 saturated heterocycles. The van der Waals surface area contributed by atoms with Crippen LogP contribution >= 0.6 is 0 Å². The Bertz CT molecular complexity index is 223. The second-order valence-corrected chi connectivity index (χ2v) is 5.02. The summed E-state index contributed by atoms with van der Waals surface area (Å²) in [6, 6.07) is 0.0704. The van der Waals surface area contributed by atoms with E-state index in [2.05, 4.69) is 19.2 Å². The number of amides is 2. The lowest BCUT2D eigenvalue weighted by Crippen LogP contribution is -2.56. The molecule has 0 saturated carbocycles. The number of urea groups is 1. The maximum absolute atomic E-state index is 12.2. The Morgan fingerprint density at radius 1 is 1.18 bits per heavy atom. The van der Waals surface area contributed by atoms with Crippen LogP contribution < -0.4 is 11.1 Å². The van der Waals surface area contributed by atoms with Gasteiger partial charge in [-0.15, -0.1) is 0 Å². The number of rotatable bonds is 4. The highest BCUT2D eigenvalue weighted by atomic mass is 16.2. The van der Waals surface area contributed by atoms with Crippen molar-refractivity contribution < 1.29 is 4.79 Å². The number of nitrogens with zero attached hydrogens (tertiary/aromatic N) is 1. The normalized spacial score (nSPS) is 17.7. The summed E-state index contributed by atoms with van der Waals surface area (Å²) < 4.78 is 0. The van der Waals surface area contributed by atoms with E-state index in [0.717, 1.165) is 38.8 Å². The summed E-state index contributed by atoms with van der Waals surface area (Å²) in [6.07, 6.45) is 6.52. The average molecular weight is 241 g/mol. The maximum atomic E-state index is 12.2. The van der Waals surface area contributed by atoms with Gasteiger partial charge in [-0.2, -0.15) is 0 Å². The molecular weight excluding hydrogens is 214 g/mol. The average Bonchev–Trinajstić information content (AvgIpc) is 2.65. The summed E-state index contributed by atoms with van der Waals surface area (Å²) in [5.74, 6) is 0. The lowest BCUT2D eigenvalue weighted by Gasteiger charge is -2.34. The summed E-state index contributed by atoms with van der Waals surface area (Å²) in [6.45, 7) is 6.46. The van der Waals surface area contributed by atoms with E-state index in [1.54, 1.807) is 0 Å². The first-order chi connectivity index (χ1) is 8.17. The second-order valence-electron chi connectivity index (χ2n) is 5.02. The van der Waals surface area contributed by atoms with Crippen molar-refractivity contribution in [1.82, 2.24) is 10.2 Å². The van der Waals surface area contributed by atoms with Crippen LogP contribution in [0.5, 0.6) is 0 Å². The van der Waals surface area contributed by atoms with Crippen molar-refractivity contribution in [1.29, 1.82) is 0 Å². The predicted molar refractivity (Wildman–Crippen MR) is 70.9 cm³/mol. The summed E-state index contributed by atoms with van der Waals surface area (Å²) in [5, 5.41) is 3.14. The van der Waals surface area contributed by atoms with Crippen molar-refractivity contribution in [2.24, 2.45) is 5.73 Å². The van der Waals surface area contributed by atoms with Crippen LogP contribution in [-0.2, 0) is 0 Å². The quantitative estimate of drug-likeness (QED) is 0.792. The van der Waals surface area contributed by atoms with Crippen LogP contribution in [0.25, 0.3) is 0 Å². The number of carbonyl (C=O) groups excluding carboxylic acids is 1. The van der Waals surface area contributed by atoms with Gasteiger partial charge in [0.1, 0.15) is 0 Å². The van der Waals surface area contributed by atoms with Crippen molar-refractivity contribution in [3.8, 4) is 0 Å². The van der Waals surface area contributed by atoms with Crippen LogP contribution in [0.3, 0.4) is 0 Å². The highest BCUT2D eigenvalue weighted by molar-refractivity contribution is 5.75. The van der Waals surface area contributed by atoms with Gasteiger partial charge in [-0.3, -0.25) is 0 Å². The molecular formula is C13H27N3O. The number of likely N-dealkylation sites (tertiary alicyclic amines) is 1. The lowest BCUT2D eigenvalue weighted by molar-refractivity contribution is 0.181. The van der Waals surface area contributed by atoms with Crippen LogP contribution in [0, 0.1) is 0 Å². The Labute approximate surface area is 105 Å². The molecule has 0 aliphatic carbocycles. The molecule has 100 valence electrons. The monoisotopic (exact) mass is 241 g/mol. The molecule has 4 heteroatoms. The van der Waals surface area contributed by atoms with Gasteiger partial charge in [0.2, 0.25) is 0 Å². The van der Waals surface area contributed by atoms with Crippen molar-refractivity contribution in [2.75, 3.05) is 19.6 Å². The van der Waals surface area contributed by atoms with E-state index >= 15 is 0 Å². The minimum absolute atomic E-state index is 0.0704. The van der Waals surface area contributed by atoms with Gasteiger partial charge in [0.15, 0.2) is 0 Å². The molecule has 0 aromatic rings. The molecule has 1 fully saturated rings. The minimum Gasteiger partial charge on any atom is -0.331 e. The Hall–Kier alpha value is -0.770. The maximum Gasteiger partial charge on any atom is 0.317 e. The molecule has 0 atom stereocenters. The Kier molecular flexibility index (Phi) is 5.75. The fourth-order valence-corrected chi connectivity index (χ4v) is 2.35. The SMILES string of the molecule is CCC(CC)(CN)NC(=O)N1CCCCCC1. The van der Waals surface area contributed by atoms with E-state index in [1.807, 2.05) is 4.90 Å². The van der Waals surface area contributed by atoms with Gasteiger partial charge in [-0.25, -0.2) is 4.79 Å². The summed E-state index contributed by atoms with van der Waals surface area (Å²) in [5.41, 5.74) is 5.59. The third-order valence-electron chi connectivity index (χ3n) is 4.01. The van der Waals surface area contributed by atoms with Crippen molar-refractivity contribution >= 4 is 6.03 Å². The van der Waals surface area contributed by atoms with Crippen LogP contribution in [0.2, 0.25) is 0 Å². The standard InChI is InChI=1S/C13H27N3O/c1-3-13(4-2,11-14)15-12(17)16-9-7-5-6-8-10-16/h3-11,14H2,1-2H3,(H,15,17). The van der Waals surface area contributed by atoms with Crippen LogP contribution in [0.1, 0.15) is 52.4 Å².